The Labute approximate surface area is 84.7 Å². The zero-order valence-electron chi connectivity index (χ0n) is 6.59. The number of rotatable bonds is 1. The van der Waals surface area contributed by atoms with Crippen molar-refractivity contribution in [1.29, 1.82) is 0 Å². The molecule has 0 amide bonds. The molecule has 1 aromatic carbocycles. The van der Waals surface area contributed by atoms with Crippen molar-refractivity contribution in [3.8, 4) is 0 Å². The van der Waals surface area contributed by atoms with Gasteiger partial charge in [0.25, 0.3) is 0 Å². The van der Waals surface area contributed by atoms with Gasteiger partial charge in [-0.3, -0.25) is 0 Å². The van der Waals surface area contributed by atoms with Crippen LogP contribution < -0.4 is 0 Å². The van der Waals surface area contributed by atoms with Gasteiger partial charge in [0, 0.05) is 0 Å². The first-order chi connectivity index (χ1) is 5.11. The van der Waals surface area contributed by atoms with E-state index in [2.05, 4.69) is 0 Å². The molecule has 0 bridgehead atoms. The summed E-state index contributed by atoms with van der Waals surface area (Å²) < 4.78 is 0. The Balaban J connectivity index is 0.00000121. The molecule has 0 aliphatic rings. The summed E-state index contributed by atoms with van der Waals surface area (Å²) in [4.78, 5) is 10.6. The fourth-order valence-electron chi connectivity index (χ4n) is 0.966. The van der Waals surface area contributed by atoms with Gasteiger partial charge in [-0.1, -0.05) is 17.7 Å². The van der Waals surface area contributed by atoms with Gasteiger partial charge < -0.3 is 5.11 Å². The van der Waals surface area contributed by atoms with Crippen molar-refractivity contribution in [2.75, 3.05) is 0 Å². The molecule has 0 atom stereocenters. The molecule has 0 aliphatic heterocycles. The summed E-state index contributed by atoms with van der Waals surface area (Å²) >= 11 is 0. The van der Waals surface area contributed by atoms with Crippen molar-refractivity contribution in [3.05, 3.63) is 34.9 Å². The molecular formula is C9H13GaO2. The van der Waals surface area contributed by atoms with Gasteiger partial charge in [0.1, 0.15) is 0 Å². The summed E-state index contributed by atoms with van der Waals surface area (Å²) in [5.41, 5.74) is 2.18. The van der Waals surface area contributed by atoms with Gasteiger partial charge in [0.2, 0.25) is 0 Å². The number of benzene rings is 1. The Hall–Kier alpha value is -0.674. The van der Waals surface area contributed by atoms with E-state index in [1.54, 1.807) is 13.0 Å². The van der Waals surface area contributed by atoms with E-state index in [0.717, 1.165) is 11.1 Å². The molecule has 0 heterocycles. The fourth-order valence-corrected chi connectivity index (χ4v) is 0.966. The van der Waals surface area contributed by atoms with Gasteiger partial charge >= 0.3 is 25.8 Å². The van der Waals surface area contributed by atoms with Gasteiger partial charge in [0.15, 0.2) is 0 Å². The summed E-state index contributed by atoms with van der Waals surface area (Å²) in [6, 6.07) is 5.40. The Morgan fingerprint density at radius 1 is 1.33 bits per heavy atom. The van der Waals surface area contributed by atoms with E-state index in [1.165, 1.54) is 0 Å². The molecule has 12 heavy (non-hydrogen) atoms. The van der Waals surface area contributed by atoms with Gasteiger partial charge in [-0.05, 0) is 25.5 Å². The Morgan fingerprint density at radius 3 is 2.33 bits per heavy atom. The predicted molar refractivity (Wildman–Crippen MR) is 52.8 cm³/mol. The standard InChI is InChI=1S/C9H10O2.Ga.3H/c1-6-3-4-7(2)8(5-6)9(10)11;;;;/h3-5H,1-2H3,(H,10,11);;;;. The number of aryl methyl sites for hydroxylation is 2. The molecule has 0 fully saturated rings. The van der Waals surface area contributed by atoms with Gasteiger partial charge in [-0.25, -0.2) is 4.79 Å². The van der Waals surface area contributed by atoms with Crippen LogP contribution in [0.3, 0.4) is 0 Å². The summed E-state index contributed by atoms with van der Waals surface area (Å²) in [5, 5.41) is 8.69. The summed E-state index contributed by atoms with van der Waals surface area (Å²) in [6.45, 7) is 3.68. The van der Waals surface area contributed by atoms with E-state index in [0.29, 0.717) is 5.56 Å². The maximum atomic E-state index is 10.6. The molecule has 64 valence electrons. The SMILES string of the molecule is Cc1ccc(C)c(C(=O)O)c1.[GaH3]. The number of carboxylic acids is 1. The molecule has 0 radical (unpaired) electrons. The van der Waals surface area contributed by atoms with Crippen LogP contribution in [0.15, 0.2) is 18.2 Å². The van der Waals surface area contributed by atoms with Crippen LogP contribution in [0.25, 0.3) is 0 Å². The van der Waals surface area contributed by atoms with Crippen LogP contribution in [0.5, 0.6) is 0 Å². The molecule has 1 N–H and O–H groups in total. The first-order valence-corrected chi connectivity index (χ1v) is 3.42. The number of aromatic carboxylic acids is 1. The molecule has 0 aromatic heterocycles. The van der Waals surface area contributed by atoms with Crippen molar-refractivity contribution in [1.82, 2.24) is 0 Å². The third-order valence-electron chi connectivity index (χ3n) is 1.62. The van der Waals surface area contributed by atoms with Crippen LogP contribution in [-0.2, 0) is 0 Å². The van der Waals surface area contributed by atoms with E-state index in [1.807, 2.05) is 19.1 Å². The minimum absolute atomic E-state index is 0. The Morgan fingerprint density at radius 2 is 1.92 bits per heavy atom. The molecule has 0 aliphatic carbocycles. The van der Waals surface area contributed by atoms with Crippen LogP contribution in [0.4, 0.5) is 0 Å². The van der Waals surface area contributed by atoms with E-state index < -0.39 is 5.97 Å². The van der Waals surface area contributed by atoms with E-state index in [9.17, 15) is 4.79 Å². The maximum absolute atomic E-state index is 10.6. The first-order valence-electron chi connectivity index (χ1n) is 3.42. The fraction of sp³-hybridized carbons (Fsp3) is 0.222. The first kappa shape index (κ1) is 11.3. The van der Waals surface area contributed by atoms with Crippen molar-refractivity contribution >= 4 is 25.8 Å². The Bertz CT molecular complexity index is 295. The van der Waals surface area contributed by atoms with Crippen LogP contribution in [0.2, 0.25) is 0 Å². The zero-order valence-corrected chi connectivity index (χ0v) is 6.59. The normalized spacial score (nSPS) is 8.83. The molecule has 0 spiro atoms. The molecule has 0 saturated carbocycles. The molecule has 0 saturated heterocycles. The second-order valence-corrected chi connectivity index (χ2v) is 2.62. The minimum atomic E-state index is -0.855. The van der Waals surface area contributed by atoms with Crippen molar-refractivity contribution in [3.63, 3.8) is 0 Å². The third kappa shape index (κ3) is 2.43. The van der Waals surface area contributed by atoms with Crippen LogP contribution >= 0.6 is 0 Å². The quantitative estimate of drug-likeness (QED) is 0.715. The molecule has 3 heteroatoms. The van der Waals surface area contributed by atoms with Crippen LogP contribution in [-0.4, -0.2) is 30.9 Å². The molecule has 2 nitrogen and oxygen atoms in total. The van der Waals surface area contributed by atoms with E-state index in [-0.39, 0.29) is 19.8 Å². The molecular weight excluding hydrogens is 210 g/mol. The number of carbonyl (C=O) groups is 1. The van der Waals surface area contributed by atoms with Gasteiger partial charge in [0.05, 0.1) is 5.56 Å². The number of hydrogen-bond acceptors (Lipinski definition) is 1. The topological polar surface area (TPSA) is 37.3 Å². The Kier molecular flexibility index (Phi) is 4.13. The van der Waals surface area contributed by atoms with Crippen LogP contribution in [0.1, 0.15) is 21.5 Å². The molecule has 1 rings (SSSR count). The summed E-state index contributed by atoms with van der Waals surface area (Å²) in [7, 11) is 0. The van der Waals surface area contributed by atoms with Crippen molar-refractivity contribution in [2.24, 2.45) is 0 Å². The number of carboxylic acid groups (broad SMARTS) is 1. The van der Waals surface area contributed by atoms with Crippen molar-refractivity contribution in [2.45, 2.75) is 13.8 Å². The summed E-state index contributed by atoms with van der Waals surface area (Å²) in [5.74, 6) is -0.855. The van der Waals surface area contributed by atoms with Gasteiger partial charge in [-0.2, -0.15) is 0 Å². The monoisotopic (exact) mass is 222 g/mol. The second kappa shape index (κ2) is 4.38. The number of hydrogen-bond donors (Lipinski definition) is 1. The van der Waals surface area contributed by atoms with Crippen LogP contribution in [0, 0.1) is 13.8 Å². The second-order valence-electron chi connectivity index (χ2n) is 2.62. The third-order valence-corrected chi connectivity index (χ3v) is 1.62. The average molecular weight is 223 g/mol. The average Bonchev–Trinajstić information content (AvgIpc) is 1.94. The van der Waals surface area contributed by atoms with E-state index >= 15 is 0 Å². The van der Waals surface area contributed by atoms with E-state index in [4.69, 9.17) is 5.11 Å². The molecule has 0 unspecified atom stereocenters. The van der Waals surface area contributed by atoms with Crippen molar-refractivity contribution < 1.29 is 9.90 Å². The summed E-state index contributed by atoms with van der Waals surface area (Å²) in [6.07, 6.45) is 0. The predicted octanol–water partition coefficient (Wildman–Crippen LogP) is 0.818. The van der Waals surface area contributed by atoms with Gasteiger partial charge in [-0.15, -0.1) is 0 Å². The molecule has 1 aromatic rings. The zero-order chi connectivity index (χ0) is 8.43.